The number of anilines is 1. The van der Waals surface area contributed by atoms with Crippen LogP contribution in [-0.4, -0.2) is 37.6 Å². The highest BCUT2D eigenvalue weighted by atomic mass is 19.1. The molecule has 3 aromatic rings. The van der Waals surface area contributed by atoms with Crippen molar-refractivity contribution in [3.8, 4) is 0 Å². The molecular formula is C16H14FN5O3. The van der Waals surface area contributed by atoms with Gasteiger partial charge in [0.25, 0.3) is 17.5 Å². The number of fused-ring (bicyclic) bond motifs is 1. The van der Waals surface area contributed by atoms with E-state index in [1.54, 1.807) is 19.2 Å². The van der Waals surface area contributed by atoms with Gasteiger partial charge in [-0.3, -0.25) is 4.79 Å². The third-order valence-corrected chi connectivity index (χ3v) is 3.38. The third-order valence-electron chi connectivity index (χ3n) is 3.38. The molecule has 25 heavy (non-hydrogen) atoms. The zero-order valence-corrected chi connectivity index (χ0v) is 13.4. The standard InChI is InChI=1S/C16H14FN5O3/c1-9-7-8-18-16-20-13(21-22(9)16)15(24)25-10(2)14(23)19-12-5-3-11(17)4-6-12/h3-8,10H,1-2H3,(H,19,23)/t10-/m0/s1. The number of nitrogens with zero attached hydrogens (tertiary/aromatic N) is 4. The lowest BCUT2D eigenvalue weighted by Crippen LogP contribution is -2.30. The summed E-state index contributed by atoms with van der Waals surface area (Å²) in [7, 11) is 0. The normalized spacial score (nSPS) is 12.0. The van der Waals surface area contributed by atoms with Crippen molar-refractivity contribution in [2.24, 2.45) is 0 Å². The highest BCUT2D eigenvalue weighted by Crippen LogP contribution is 2.10. The maximum atomic E-state index is 12.9. The summed E-state index contributed by atoms with van der Waals surface area (Å²) < 4.78 is 19.3. The third kappa shape index (κ3) is 3.60. The summed E-state index contributed by atoms with van der Waals surface area (Å²) in [4.78, 5) is 32.1. The van der Waals surface area contributed by atoms with Crippen molar-refractivity contribution in [3.63, 3.8) is 0 Å². The summed E-state index contributed by atoms with van der Waals surface area (Å²) in [6, 6.07) is 6.94. The van der Waals surface area contributed by atoms with Gasteiger partial charge in [-0.1, -0.05) is 0 Å². The first-order chi connectivity index (χ1) is 11.9. The number of hydrogen-bond donors (Lipinski definition) is 1. The van der Waals surface area contributed by atoms with Crippen LogP contribution in [0.3, 0.4) is 0 Å². The fourth-order valence-electron chi connectivity index (χ4n) is 2.04. The first-order valence-corrected chi connectivity index (χ1v) is 7.40. The van der Waals surface area contributed by atoms with Crippen LogP contribution in [0.25, 0.3) is 5.78 Å². The summed E-state index contributed by atoms with van der Waals surface area (Å²) >= 11 is 0. The average molecular weight is 343 g/mol. The Labute approximate surface area is 141 Å². The van der Waals surface area contributed by atoms with Crippen LogP contribution in [0, 0.1) is 12.7 Å². The predicted molar refractivity (Wildman–Crippen MR) is 85.4 cm³/mol. The van der Waals surface area contributed by atoms with Crippen molar-refractivity contribution in [2.75, 3.05) is 5.32 Å². The molecule has 128 valence electrons. The molecule has 0 aliphatic heterocycles. The fourth-order valence-corrected chi connectivity index (χ4v) is 2.04. The number of aromatic nitrogens is 4. The van der Waals surface area contributed by atoms with Gasteiger partial charge in [0.15, 0.2) is 6.10 Å². The molecule has 9 heteroatoms. The van der Waals surface area contributed by atoms with Crippen LogP contribution in [0.15, 0.2) is 36.5 Å². The van der Waals surface area contributed by atoms with Gasteiger partial charge in [-0.2, -0.15) is 4.98 Å². The number of ether oxygens (including phenoxy) is 1. The summed E-state index contributed by atoms with van der Waals surface area (Å²) in [6.45, 7) is 3.20. The number of rotatable bonds is 4. The van der Waals surface area contributed by atoms with E-state index in [9.17, 15) is 14.0 Å². The Kier molecular flexibility index (Phi) is 4.38. The molecule has 0 radical (unpaired) electrons. The molecule has 0 aliphatic carbocycles. The van der Waals surface area contributed by atoms with Gasteiger partial charge in [0, 0.05) is 17.6 Å². The van der Waals surface area contributed by atoms with Gasteiger partial charge in [-0.25, -0.2) is 18.7 Å². The van der Waals surface area contributed by atoms with Crippen LogP contribution < -0.4 is 5.32 Å². The van der Waals surface area contributed by atoms with Crippen LogP contribution in [0.5, 0.6) is 0 Å². The van der Waals surface area contributed by atoms with Gasteiger partial charge in [-0.05, 0) is 44.2 Å². The Bertz CT molecular complexity index is 939. The number of hydrogen-bond acceptors (Lipinski definition) is 6. The number of benzene rings is 1. The lowest BCUT2D eigenvalue weighted by atomic mass is 10.3. The van der Waals surface area contributed by atoms with Gasteiger partial charge in [0.2, 0.25) is 0 Å². The molecule has 3 rings (SSSR count). The van der Waals surface area contributed by atoms with Crippen molar-refractivity contribution >= 4 is 23.3 Å². The topological polar surface area (TPSA) is 98.5 Å². The van der Waals surface area contributed by atoms with E-state index in [1.165, 1.54) is 35.7 Å². The van der Waals surface area contributed by atoms with E-state index in [0.717, 1.165) is 5.69 Å². The minimum atomic E-state index is -1.08. The maximum Gasteiger partial charge on any atom is 0.379 e. The quantitative estimate of drug-likeness (QED) is 0.725. The SMILES string of the molecule is Cc1ccnc2nc(C(=O)O[C@@H](C)C(=O)Nc3ccc(F)cc3)nn12. The van der Waals surface area contributed by atoms with Crippen LogP contribution in [0.2, 0.25) is 0 Å². The molecule has 0 saturated carbocycles. The zero-order valence-electron chi connectivity index (χ0n) is 13.4. The number of halogens is 1. The Morgan fingerprint density at radius 2 is 1.96 bits per heavy atom. The second-order valence-corrected chi connectivity index (χ2v) is 5.28. The molecule has 0 aliphatic rings. The van der Waals surface area contributed by atoms with Crippen LogP contribution in [-0.2, 0) is 9.53 Å². The smallest absolute Gasteiger partial charge is 0.379 e. The molecule has 0 fully saturated rings. The lowest BCUT2D eigenvalue weighted by molar-refractivity contribution is -0.123. The largest absolute Gasteiger partial charge is 0.447 e. The predicted octanol–water partition coefficient (Wildman–Crippen LogP) is 1.76. The molecule has 2 aromatic heterocycles. The monoisotopic (exact) mass is 343 g/mol. The van der Waals surface area contributed by atoms with Crippen LogP contribution in [0.1, 0.15) is 23.2 Å². The number of amides is 1. The van der Waals surface area contributed by atoms with Crippen LogP contribution in [0.4, 0.5) is 10.1 Å². The van der Waals surface area contributed by atoms with Crippen molar-refractivity contribution in [1.29, 1.82) is 0 Å². The van der Waals surface area contributed by atoms with E-state index in [1.807, 2.05) is 0 Å². The van der Waals surface area contributed by atoms with Crippen molar-refractivity contribution in [3.05, 3.63) is 53.9 Å². The van der Waals surface area contributed by atoms with Crippen LogP contribution >= 0.6 is 0 Å². The molecule has 1 N–H and O–H groups in total. The second-order valence-electron chi connectivity index (χ2n) is 5.28. The summed E-state index contributed by atoms with van der Waals surface area (Å²) in [5, 5.41) is 6.53. The van der Waals surface area contributed by atoms with Crippen molar-refractivity contribution < 1.29 is 18.7 Å². The molecule has 2 heterocycles. The Morgan fingerprint density at radius 1 is 1.24 bits per heavy atom. The van der Waals surface area contributed by atoms with Gasteiger partial charge in [-0.15, -0.1) is 5.10 Å². The number of nitrogens with one attached hydrogen (secondary N) is 1. The van der Waals surface area contributed by atoms with Crippen molar-refractivity contribution in [1.82, 2.24) is 19.6 Å². The summed E-state index contributed by atoms with van der Waals surface area (Å²) in [6.07, 6.45) is 0.464. The van der Waals surface area contributed by atoms with E-state index in [0.29, 0.717) is 5.69 Å². The molecule has 1 aromatic carbocycles. The highest BCUT2D eigenvalue weighted by Gasteiger charge is 2.22. The van der Waals surface area contributed by atoms with E-state index in [2.05, 4.69) is 20.4 Å². The first kappa shape index (κ1) is 16.5. The minimum absolute atomic E-state index is 0.191. The zero-order chi connectivity index (χ0) is 18.0. The van der Waals surface area contributed by atoms with E-state index < -0.39 is 23.8 Å². The second kappa shape index (κ2) is 6.63. The number of carbonyl (C=O) groups is 2. The van der Waals surface area contributed by atoms with E-state index in [-0.39, 0.29) is 11.6 Å². The summed E-state index contributed by atoms with van der Waals surface area (Å²) in [5.41, 5.74) is 1.14. The molecular weight excluding hydrogens is 329 g/mol. The first-order valence-electron chi connectivity index (χ1n) is 7.40. The number of aryl methyl sites for hydroxylation is 1. The maximum absolute atomic E-state index is 12.9. The highest BCUT2D eigenvalue weighted by molar-refractivity contribution is 5.96. The molecule has 0 saturated heterocycles. The molecule has 1 amide bonds. The Balaban J connectivity index is 1.67. The van der Waals surface area contributed by atoms with Gasteiger partial charge in [0.05, 0.1) is 0 Å². The molecule has 1 atom stereocenters. The fraction of sp³-hybridized carbons (Fsp3) is 0.188. The van der Waals surface area contributed by atoms with Gasteiger partial charge < -0.3 is 10.1 Å². The number of carbonyl (C=O) groups excluding carboxylic acids is 2. The van der Waals surface area contributed by atoms with Gasteiger partial charge >= 0.3 is 5.97 Å². The Morgan fingerprint density at radius 3 is 2.64 bits per heavy atom. The molecule has 0 unspecified atom stereocenters. The lowest BCUT2D eigenvalue weighted by Gasteiger charge is -2.12. The van der Waals surface area contributed by atoms with E-state index in [4.69, 9.17) is 4.74 Å². The van der Waals surface area contributed by atoms with Crippen molar-refractivity contribution in [2.45, 2.75) is 20.0 Å². The number of esters is 1. The Hall–Kier alpha value is -3.36. The van der Waals surface area contributed by atoms with Gasteiger partial charge in [0.1, 0.15) is 5.82 Å². The van der Waals surface area contributed by atoms with E-state index >= 15 is 0 Å². The molecule has 0 bridgehead atoms. The molecule has 8 nitrogen and oxygen atoms in total. The average Bonchev–Trinajstić information content (AvgIpc) is 3.02. The summed E-state index contributed by atoms with van der Waals surface area (Å²) in [5.74, 6) is -1.75. The minimum Gasteiger partial charge on any atom is -0.447 e. The molecule has 0 spiro atoms.